The zero-order chi connectivity index (χ0) is 29.9. The second kappa shape index (κ2) is 11.6. The Hall–Kier alpha value is -4.33. The lowest BCUT2D eigenvalue weighted by atomic mass is 10.0. The maximum absolute atomic E-state index is 12.7. The van der Waals surface area contributed by atoms with Gasteiger partial charge >= 0.3 is 12.0 Å². The molecule has 3 aromatic rings. The van der Waals surface area contributed by atoms with E-state index in [4.69, 9.17) is 23.1 Å². The van der Waals surface area contributed by atoms with E-state index in [1.807, 2.05) is 4.72 Å². The molecule has 0 saturated carbocycles. The van der Waals surface area contributed by atoms with Gasteiger partial charge in [-0.3, -0.25) is 4.79 Å². The molecule has 0 aliphatic carbocycles. The molecule has 0 fully saturated rings. The molecular weight excluding hydrogens is 572 g/mol. The van der Waals surface area contributed by atoms with E-state index >= 15 is 0 Å². The fourth-order valence-electron chi connectivity index (χ4n) is 4.60. The van der Waals surface area contributed by atoms with Crippen molar-refractivity contribution in [3.8, 4) is 0 Å². The van der Waals surface area contributed by atoms with Crippen LogP contribution in [0.3, 0.4) is 0 Å². The van der Waals surface area contributed by atoms with E-state index in [0.29, 0.717) is 23.5 Å². The van der Waals surface area contributed by atoms with Crippen LogP contribution in [0, 0.1) is 0 Å². The molecule has 8 N–H and O–H groups in total. The summed E-state index contributed by atoms with van der Waals surface area (Å²) in [5.41, 5.74) is 12.9. The summed E-state index contributed by atoms with van der Waals surface area (Å²) in [6, 6.07) is 15.0. The minimum atomic E-state index is -4.04. The van der Waals surface area contributed by atoms with Crippen molar-refractivity contribution in [2.75, 3.05) is 16.8 Å². The van der Waals surface area contributed by atoms with Crippen molar-refractivity contribution in [1.82, 2.24) is 10.0 Å². The molecule has 0 radical (unpaired) electrons. The fourth-order valence-corrected chi connectivity index (χ4v) is 5.77. The largest absolute Gasteiger partial charge is 0.478 e. The molecule has 12 nitrogen and oxygen atoms in total. The number of hydrogen-bond donors (Lipinski definition) is 6. The maximum Gasteiger partial charge on any atom is 0.337 e. The highest BCUT2D eigenvalue weighted by Crippen LogP contribution is 2.48. The number of fused-ring (bicyclic) bond motifs is 1. The van der Waals surface area contributed by atoms with Crippen molar-refractivity contribution in [2.24, 2.45) is 11.5 Å². The second-order valence-electron chi connectivity index (χ2n) is 9.32. The summed E-state index contributed by atoms with van der Waals surface area (Å²) in [6.07, 6.45) is 0.647. The number of nitrogens with zero attached hydrogens (tertiary/aromatic N) is 1. The van der Waals surface area contributed by atoms with Gasteiger partial charge in [-0.1, -0.05) is 42.8 Å². The third-order valence-electron chi connectivity index (χ3n) is 6.79. The van der Waals surface area contributed by atoms with Crippen LogP contribution in [0.2, 0.25) is 5.02 Å². The van der Waals surface area contributed by atoms with E-state index in [1.54, 1.807) is 48.2 Å². The summed E-state index contributed by atoms with van der Waals surface area (Å²) in [6.45, 7) is 2.19. The minimum absolute atomic E-state index is 0.00924. The Bertz CT molecular complexity index is 1600. The van der Waals surface area contributed by atoms with Gasteiger partial charge in [0.25, 0.3) is 15.9 Å². The first-order valence-electron chi connectivity index (χ1n) is 12.6. The Morgan fingerprint density at radius 2 is 1.68 bits per heavy atom. The summed E-state index contributed by atoms with van der Waals surface area (Å²) in [7, 11) is -4.04. The predicted octanol–water partition coefficient (Wildman–Crippen LogP) is 2.88. The number of hydrogen-bond acceptors (Lipinski definition) is 8. The van der Waals surface area contributed by atoms with Gasteiger partial charge in [0.05, 0.1) is 26.9 Å². The molecule has 0 aromatic heterocycles. The lowest BCUT2D eigenvalue weighted by Crippen LogP contribution is -2.57. The molecule has 1 unspecified atom stereocenters. The van der Waals surface area contributed by atoms with Crippen molar-refractivity contribution in [1.29, 1.82) is 0 Å². The highest BCUT2D eigenvalue weighted by Gasteiger charge is 2.48. The number of amides is 3. The van der Waals surface area contributed by atoms with Gasteiger partial charge in [-0.2, -0.15) is 0 Å². The van der Waals surface area contributed by atoms with Gasteiger partial charge in [0.1, 0.15) is 0 Å². The molecule has 4 rings (SSSR count). The Morgan fingerprint density at radius 1 is 1.05 bits per heavy atom. The van der Waals surface area contributed by atoms with Gasteiger partial charge in [0, 0.05) is 18.8 Å². The second-order valence-corrected chi connectivity index (χ2v) is 11.4. The fraction of sp³-hybridized carbons (Fsp3) is 0.222. The average molecular weight is 601 g/mol. The number of aromatic carboxylic acids is 1. The van der Waals surface area contributed by atoms with Crippen molar-refractivity contribution in [2.45, 2.75) is 36.9 Å². The summed E-state index contributed by atoms with van der Waals surface area (Å²) in [4.78, 5) is 38.1. The molecule has 1 aliphatic heterocycles. The lowest BCUT2D eigenvalue weighted by Gasteiger charge is -2.36. The monoisotopic (exact) mass is 600 g/mol. The van der Waals surface area contributed by atoms with Gasteiger partial charge in [-0.05, 0) is 60.4 Å². The summed E-state index contributed by atoms with van der Waals surface area (Å²) >= 11 is 6.23. The number of carboxylic acid groups (broad SMARTS) is 1. The van der Waals surface area contributed by atoms with Crippen molar-refractivity contribution < 1.29 is 27.9 Å². The van der Waals surface area contributed by atoms with Crippen LogP contribution in [-0.4, -0.2) is 43.6 Å². The molecule has 0 spiro atoms. The van der Waals surface area contributed by atoms with Gasteiger partial charge < -0.3 is 32.1 Å². The zero-order valence-electron chi connectivity index (χ0n) is 22.0. The number of primary amides is 1. The normalized spacial score (nSPS) is 16.0. The number of halogens is 1. The molecule has 3 amide bonds. The Labute approximate surface area is 241 Å². The van der Waals surface area contributed by atoms with Crippen LogP contribution < -0.4 is 31.7 Å². The number of rotatable bonds is 10. The van der Waals surface area contributed by atoms with E-state index in [-0.39, 0.29) is 35.0 Å². The number of carbonyl (C=O) groups is 3. The summed E-state index contributed by atoms with van der Waals surface area (Å²) in [5.74, 6) is -1.86. The van der Waals surface area contributed by atoms with Crippen LogP contribution in [0.15, 0.2) is 65.6 Å². The van der Waals surface area contributed by atoms with Crippen molar-refractivity contribution >= 4 is 56.6 Å². The molecule has 0 saturated heterocycles. The van der Waals surface area contributed by atoms with E-state index in [2.05, 4.69) is 10.6 Å². The Kier molecular flexibility index (Phi) is 8.42. The van der Waals surface area contributed by atoms with E-state index in [0.717, 1.165) is 11.1 Å². The van der Waals surface area contributed by atoms with E-state index in [1.165, 1.54) is 24.3 Å². The number of carboxylic acids is 1. The number of urea groups is 1. The van der Waals surface area contributed by atoms with E-state index in [9.17, 15) is 27.9 Å². The number of carbonyl (C=O) groups excluding carboxylic acids is 2. The van der Waals surface area contributed by atoms with Gasteiger partial charge in [-0.25, -0.2) is 22.7 Å². The van der Waals surface area contributed by atoms with Crippen LogP contribution in [0.25, 0.3) is 0 Å². The number of nitrogens with one attached hydrogen (secondary N) is 3. The molecule has 0 bridgehead atoms. The van der Waals surface area contributed by atoms with Crippen molar-refractivity contribution in [3.05, 3.63) is 82.4 Å². The van der Waals surface area contributed by atoms with Crippen LogP contribution in [0.1, 0.15) is 34.8 Å². The van der Waals surface area contributed by atoms with Crippen LogP contribution in [-0.2, 0) is 27.8 Å². The summed E-state index contributed by atoms with van der Waals surface area (Å²) < 4.78 is 26.9. The van der Waals surface area contributed by atoms with Crippen LogP contribution >= 0.6 is 11.6 Å². The Morgan fingerprint density at radius 3 is 2.24 bits per heavy atom. The molecule has 3 aromatic carbocycles. The third kappa shape index (κ3) is 5.92. The highest BCUT2D eigenvalue weighted by molar-refractivity contribution is 7.90. The first-order valence-corrected chi connectivity index (χ1v) is 14.4. The quantitative estimate of drug-likeness (QED) is 0.203. The highest BCUT2D eigenvalue weighted by atomic mass is 35.5. The number of benzene rings is 3. The minimum Gasteiger partial charge on any atom is -0.478 e. The standard InChI is InChI=1S/C27H29ClN6O6S/c1-2-27(25(30)37)32-22-13-20(24(35)36)21(28)14-23(22)34(27)18-7-3-16(4-8-18)11-12-31-26(38)33-41(39,40)19-9-5-17(15-29)6-10-19/h3-10,13-14,32H,2,11-12,15,29H2,1H3,(H2,30,37)(H,35,36)(H2,31,33,38). The van der Waals surface area contributed by atoms with Crippen molar-refractivity contribution in [3.63, 3.8) is 0 Å². The zero-order valence-corrected chi connectivity index (χ0v) is 23.6. The molecule has 41 heavy (non-hydrogen) atoms. The maximum atomic E-state index is 12.7. The first kappa shape index (κ1) is 29.6. The molecule has 1 heterocycles. The predicted molar refractivity (Wildman–Crippen MR) is 155 cm³/mol. The van der Waals surface area contributed by atoms with Gasteiger partial charge in [0.2, 0.25) is 0 Å². The smallest absolute Gasteiger partial charge is 0.337 e. The SMILES string of the molecule is CCC1(C(N)=O)Nc2cc(C(=O)O)c(Cl)cc2N1c1ccc(CCNC(=O)NS(=O)(=O)c2ccc(CN)cc2)cc1. The number of sulfonamides is 1. The first-order chi connectivity index (χ1) is 19.4. The molecule has 14 heteroatoms. The van der Waals surface area contributed by atoms with Crippen LogP contribution in [0.4, 0.5) is 21.9 Å². The van der Waals surface area contributed by atoms with E-state index < -0.39 is 33.6 Å². The molecule has 1 atom stereocenters. The Balaban J connectivity index is 1.46. The molecular formula is C27H29ClN6O6S. The lowest BCUT2D eigenvalue weighted by molar-refractivity contribution is -0.122. The number of nitrogens with two attached hydrogens (primary N) is 2. The topological polar surface area (TPSA) is 197 Å². The van der Waals surface area contributed by atoms with Gasteiger partial charge in [0.15, 0.2) is 5.66 Å². The van der Waals surface area contributed by atoms with Crippen LogP contribution in [0.5, 0.6) is 0 Å². The summed E-state index contributed by atoms with van der Waals surface area (Å²) in [5, 5.41) is 15.1. The molecule has 216 valence electrons. The average Bonchev–Trinajstić information content (AvgIpc) is 3.27. The number of anilines is 3. The van der Waals surface area contributed by atoms with Gasteiger partial charge in [-0.15, -0.1) is 0 Å². The molecule has 1 aliphatic rings. The third-order valence-corrected chi connectivity index (χ3v) is 8.45.